The van der Waals surface area contributed by atoms with Crippen LogP contribution in [0.15, 0.2) is 23.2 Å². The van der Waals surface area contributed by atoms with Crippen molar-refractivity contribution in [1.29, 1.82) is 0 Å². The van der Waals surface area contributed by atoms with Crippen molar-refractivity contribution in [2.75, 3.05) is 16.4 Å². The second-order valence-corrected chi connectivity index (χ2v) is 11.1. The number of amidine groups is 1. The number of anilines is 1. The lowest BCUT2D eigenvalue weighted by Crippen LogP contribution is -2.38. The predicted molar refractivity (Wildman–Crippen MR) is 106 cm³/mol. The molecule has 4 rings (SSSR count). The van der Waals surface area contributed by atoms with E-state index in [9.17, 15) is 22.0 Å². The van der Waals surface area contributed by atoms with Crippen molar-refractivity contribution < 1.29 is 22.0 Å². The molecule has 2 atom stereocenters. The number of nitrogens with zero attached hydrogens (tertiary/aromatic N) is 2. The molecule has 2 heterocycles. The van der Waals surface area contributed by atoms with Gasteiger partial charge < -0.3 is 4.90 Å². The van der Waals surface area contributed by atoms with Crippen LogP contribution in [-0.2, 0) is 14.6 Å². The summed E-state index contributed by atoms with van der Waals surface area (Å²) in [5.74, 6) is -1.37. The molecule has 1 amide bonds. The summed E-state index contributed by atoms with van der Waals surface area (Å²) < 4.78 is 51.8. The first kappa shape index (κ1) is 19.8. The Bertz CT molecular complexity index is 914. The maximum atomic E-state index is 14.4. The van der Waals surface area contributed by atoms with Crippen LogP contribution in [0.25, 0.3) is 0 Å². The van der Waals surface area contributed by atoms with Crippen LogP contribution < -0.4 is 4.90 Å². The van der Waals surface area contributed by atoms with Crippen LogP contribution in [0.1, 0.15) is 38.5 Å². The molecule has 2 saturated heterocycles. The molecule has 0 bridgehead atoms. The Kier molecular flexibility index (Phi) is 5.48. The second-order valence-electron chi connectivity index (χ2n) is 7.74. The molecule has 3 fully saturated rings. The van der Waals surface area contributed by atoms with Gasteiger partial charge >= 0.3 is 0 Å². The Morgan fingerprint density at radius 1 is 1.21 bits per heavy atom. The first-order valence-electron chi connectivity index (χ1n) is 9.55. The molecule has 0 radical (unpaired) electrons. The summed E-state index contributed by atoms with van der Waals surface area (Å²) in [5, 5.41) is 0.00247. The van der Waals surface area contributed by atoms with Gasteiger partial charge in [-0.15, -0.1) is 0 Å². The van der Waals surface area contributed by atoms with Crippen molar-refractivity contribution in [1.82, 2.24) is 0 Å². The van der Waals surface area contributed by atoms with Gasteiger partial charge in [0.15, 0.2) is 15.0 Å². The highest BCUT2D eigenvalue weighted by molar-refractivity contribution is 8.16. The lowest BCUT2D eigenvalue weighted by Gasteiger charge is -2.25. The van der Waals surface area contributed by atoms with Crippen molar-refractivity contribution in [3.8, 4) is 0 Å². The monoisotopic (exact) mass is 428 g/mol. The maximum absolute atomic E-state index is 14.4. The van der Waals surface area contributed by atoms with Crippen molar-refractivity contribution >= 4 is 38.4 Å². The van der Waals surface area contributed by atoms with Crippen molar-refractivity contribution in [2.24, 2.45) is 10.9 Å². The molecule has 1 aromatic carbocycles. The standard InChI is InChI=1S/C19H22F2N2O3S2/c20-13-6-7-15(14(21)9-13)23-16-10-28(25,26)11-17(16)27-19(23)22-18(24)8-5-12-3-1-2-4-12/h6-7,9,12,16-17H,1-5,8,10-11H2/t16-,17-/m1/s1. The molecule has 9 heteroatoms. The third-order valence-corrected chi connectivity index (χ3v) is 8.91. The van der Waals surface area contributed by atoms with Gasteiger partial charge in [-0.3, -0.25) is 4.79 Å². The molecule has 5 nitrogen and oxygen atoms in total. The Balaban J connectivity index is 1.58. The van der Waals surface area contributed by atoms with Gasteiger partial charge in [0, 0.05) is 17.7 Å². The van der Waals surface area contributed by atoms with Gasteiger partial charge in [-0.05, 0) is 24.5 Å². The van der Waals surface area contributed by atoms with Crippen LogP contribution in [0.3, 0.4) is 0 Å². The van der Waals surface area contributed by atoms with E-state index in [1.807, 2.05) is 0 Å². The summed E-state index contributed by atoms with van der Waals surface area (Å²) in [6, 6.07) is 2.66. The van der Waals surface area contributed by atoms with Gasteiger partial charge in [0.1, 0.15) is 11.6 Å². The largest absolute Gasteiger partial charge is 0.313 e. The number of rotatable bonds is 4. The lowest BCUT2D eigenvalue weighted by atomic mass is 10.0. The van der Waals surface area contributed by atoms with Gasteiger partial charge in [0.25, 0.3) is 0 Å². The zero-order valence-electron chi connectivity index (χ0n) is 15.3. The molecule has 152 valence electrons. The number of benzene rings is 1. The summed E-state index contributed by atoms with van der Waals surface area (Å²) in [6.07, 6.45) is 5.84. The van der Waals surface area contributed by atoms with Gasteiger partial charge in [0.05, 0.1) is 23.2 Å². The van der Waals surface area contributed by atoms with Crippen molar-refractivity contribution in [2.45, 2.75) is 49.8 Å². The molecular formula is C19H22F2N2O3S2. The number of carbonyl (C=O) groups excluding carboxylic acids is 1. The number of halogens is 2. The summed E-state index contributed by atoms with van der Waals surface area (Å²) in [7, 11) is -3.24. The van der Waals surface area contributed by atoms with Crippen LogP contribution >= 0.6 is 11.8 Å². The van der Waals surface area contributed by atoms with E-state index in [0.29, 0.717) is 17.5 Å². The Labute approximate surface area is 167 Å². The number of carbonyl (C=O) groups is 1. The molecule has 0 aromatic heterocycles. The highest BCUT2D eigenvalue weighted by Gasteiger charge is 2.50. The fraction of sp³-hybridized carbons (Fsp3) is 0.579. The van der Waals surface area contributed by atoms with Gasteiger partial charge in [-0.2, -0.15) is 4.99 Å². The fourth-order valence-electron chi connectivity index (χ4n) is 4.31. The topological polar surface area (TPSA) is 66.8 Å². The zero-order valence-corrected chi connectivity index (χ0v) is 16.9. The number of hydrogen-bond acceptors (Lipinski definition) is 4. The van der Waals surface area contributed by atoms with E-state index in [1.165, 1.54) is 35.6 Å². The van der Waals surface area contributed by atoms with Crippen LogP contribution in [-0.4, -0.2) is 42.3 Å². The highest BCUT2D eigenvalue weighted by Crippen LogP contribution is 2.42. The SMILES string of the molecule is O=C(CCC1CCCC1)N=C1S[C@@H]2CS(=O)(=O)C[C@H]2N1c1ccc(F)cc1F. The van der Waals surface area contributed by atoms with Gasteiger partial charge in [-0.1, -0.05) is 37.4 Å². The average Bonchev–Trinajstić information content (AvgIpc) is 3.29. The summed E-state index contributed by atoms with van der Waals surface area (Å²) in [4.78, 5) is 18.1. The molecule has 0 N–H and O–H groups in total. The Morgan fingerprint density at radius 2 is 1.96 bits per heavy atom. The van der Waals surface area contributed by atoms with Crippen LogP contribution in [0.5, 0.6) is 0 Å². The first-order chi connectivity index (χ1) is 13.3. The van der Waals surface area contributed by atoms with Crippen LogP contribution in [0.2, 0.25) is 0 Å². The van der Waals surface area contributed by atoms with E-state index in [1.54, 1.807) is 0 Å². The average molecular weight is 429 g/mol. The second kappa shape index (κ2) is 7.74. The van der Waals surface area contributed by atoms with E-state index < -0.39 is 27.5 Å². The highest BCUT2D eigenvalue weighted by atomic mass is 32.2. The third kappa shape index (κ3) is 4.10. The van der Waals surface area contributed by atoms with E-state index in [-0.39, 0.29) is 28.4 Å². The van der Waals surface area contributed by atoms with Crippen LogP contribution in [0, 0.1) is 17.6 Å². The minimum absolute atomic E-state index is 0.0308. The summed E-state index contributed by atoms with van der Waals surface area (Å²) >= 11 is 1.20. The molecule has 28 heavy (non-hydrogen) atoms. The smallest absolute Gasteiger partial charge is 0.248 e. The number of hydrogen-bond donors (Lipinski definition) is 0. The van der Waals surface area contributed by atoms with E-state index >= 15 is 0 Å². The lowest BCUT2D eigenvalue weighted by molar-refractivity contribution is -0.118. The molecule has 3 aliphatic rings. The number of aliphatic imine (C=N–C) groups is 1. The minimum Gasteiger partial charge on any atom is -0.313 e. The molecule has 1 aromatic rings. The number of fused-ring (bicyclic) bond motifs is 1. The predicted octanol–water partition coefficient (Wildman–Crippen LogP) is 3.54. The Morgan fingerprint density at radius 3 is 2.68 bits per heavy atom. The third-order valence-electron chi connectivity index (χ3n) is 5.70. The van der Waals surface area contributed by atoms with Crippen molar-refractivity contribution in [3.05, 3.63) is 29.8 Å². The maximum Gasteiger partial charge on any atom is 0.248 e. The normalized spacial score (nSPS) is 28.2. The van der Waals surface area contributed by atoms with E-state index in [0.717, 1.165) is 31.4 Å². The van der Waals surface area contributed by atoms with E-state index in [4.69, 9.17) is 0 Å². The molecule has 2 aliphatic heterocycles. The zero-order chi connectivity index (χ0) is 19.9. The summed E-state index contributed by atoms with van der Waals surface area (Å²) in [5.41, 5.74) is 0.0563. The summed E-state index contributed by atoms with van der Waals surface area (Å²) in [6.45, 7) is 0. The van der Waals surface area contributed by atoms with Gasteiger partial charge in [-0.25, -0.2) is 17.2 Å². The molecule has 1 saturated carbocycles. The van der Waals surface area contributed by atoms with Gasteiger partial charge in [0.2, 0.25) is 5.91 Å². The Hall–Kier alpha value is -1.48. The molecule has 0 unspecified atom stereocenters. The quantitative estimate of drug-likeness (QED) is 0.734. The molecular weight excluding hydrogens is 406 g/mol. The fourth-order valence-corrected chi connectivity index (χ4v) is 8.24. The number of sulfone groups is 1. The van der Waals surface area contributed by atoms with Crippen LogP contribution in [0.4, 0.5) is 14.5 Å². The van der Waals surface area contributed by atoms with E-state index in [2.05, 4.69) is 4.99 Å². The molecule has 1 aliphatic carbocycles. The number of thioether (sulfide) groups is 1. The van der Waals surface area contributed by atoms with Crippen molar-refractivity contribution in [3.63, 3.8) is 0 Å². The minimum atomic E-state index is -3.24. The first-order valence-corrected chi connectivity index (χ1v) is 12.3. The molecule has 0 spiro atoms. The number of amides is 1.